The van der Waals surface area contributed by atoms with E-state index in [9.17, 15) is 14.4 Å². The van der Waals surface area contributed by atoms with E-state index < -0.39 is 5.56 Å². The predicted octanol–water partition coefficient (Wildman–Crippen LogP) is 3.62. The molecule has 0 radical (unpaired) electrons. The molecule has 154 valence electrons. The van der Waals surface area contributed by atoms with Gasteiger partial charge in [0.05, 0.1) is 5.69 Å². The normalized spacial score (nSPS) is 10.5. The quantitative estimate of drug-likeness (QED) is 0.567. The van der Waals surface area contributed by atoms with Crippen LogP contribution in [0.3, 0.4) is 0 Å². The summed E-state index contributed by atoms with van der Waals surface area (Å²) in [6, 6.07) is 18.2. The van der Waals surface area contributed by atoms with Gasteiger partial charge in [0.15, 0.2) is 0 Å². The number of thioether (sulfide) groups is 1. The minimum absolute atomic E-state index is 0.0906. The van der Waals surface area contributed by atoms with Crippen molar-refractivity contribution in [3.63, 3.8) is 0 Å². The summed E-state index contributed by atoms with van der Waals surface area (Å²) < 4.78 is 1.07. The first-order valence-electron chi connectivity index (χ1n) is 9.41. The van der Waals surface area contributed by atoms with Crippen LogP contribution in [-0.4, -0.2) is 27.9 Å². The van der Waals surface area contributed by atoms with Gasteiger partial charge in [0.25, 0.3) is 5.56 Å². The Balaban J connectivity index is 1.91. The fourth-order valence-electron chi connectivity index (χ4n) is 2.76. The fourth-order valence-corrected chi connectivity index (χ4v) is 3.22. The van der Waals surface area contributed by atoms with Crippen molar-refractivity contribution >= 4 is 35.0 Å². The van der Waals surface area contributed by atoms with Gasteiger partial charge in [0.2, 0.25) is 11.8 Å². The largest absolute Gasteiger partial charge is 0.324 e. The predicted molar refractivity (Wildman–Crippen MR) is 120 cm³/mol. The smallest absolute Gasteiger partial charge is 0.291 e. The van der Waals surface area contributed by atoms with Gasteiger partial charge in [-0.2, -0.15) is 5.10 Å². The number of rotatable bonds is 7. The Labute approximate surface area is 178 Å². The molecule has 8 heteroatoms. The summed E-state index contributed by atoms with van der Waals surface area (Å²) in [7, 11) is 0. The molecule has 0 unspecified atom stereocenters. The molecule has 7 nitrogen and oxygen atoms in total. The lowest BCUT2D eigenvalue weighted by atomic mass is 10.1. The highest BCUT2D eigenvalue weighted by atomic mass is 32.2. The lowest BCUT2D eigenvalue weighted by Crippen LogP contribution is -2.32. The Hall–Kier alpha value is -3.39. The standard InChI is InChI=1S/C22H22N4O3S/c1-3-20(27)24-19-13-18(15-8-5-4-6-9-15)25-26(22(19)29)14-21(28)23-16-10-7-11-17(12-16)30-2/h4-13H,3,14H2,1-2H3,(H,23,28)(H,24,27). The molecule has 2 amide bonds. The van der Waals surface area contributed by atoms with E-state index in [4.69, 9.17) is 0 Å². The summed E-state index contributed by atoms with van der Waals surface area (Å²) >= 11 is 1.57. The molecule has 1 heterocycles. The van der Waals surface area contributed by atoms with E-state index in [-0.39, 0.29) is 30.5 Å². The molecule has 2 aromatic carbocycles. The maximum Gasteiger partial charge on any atom is 0.291 e. The second kappa shape index (κ2) is 9.89. The molecule has 0 aliphatic carbocycles. The van der Waals surface area contributed by atoms with Crippen molar-refractivity contribution in [2.45, 2.75) is 24.8 Å². The summed E-state index contributed by atoms with van der Waals surface area (Å²) in [5.74, 6) is -0.678. The molecule has 0 spiro atoms. The molecule has 3 rings (SSSR count). The summed E-state index contributed by atoms with van der Waals surface area (Å²) in [6.45, 7) is 1.42. The van der Waals surface area contributed by atoms with Crippen molar-refractivity contribution < 1.29 is 9.59 Å². The van der Waals surface area contributed by atoms with E-state index in [2.05, 4.69) is 15.7 Å². The van der Waals surface area contributed by atoms with Crippen LogP contribution in [0.1, 0.15) is 13.3 Å². The Bertz CT molecular complexity index is 1110. The minimum atomic E-state index is -0.538. The number of benzene rings is 2. The van der Waals surface area contributed by atoms with Gasteiger partial charge in [0, 0.05) is 22.6 Å². The van der Waals surface area contributed by atoms with Crippen LogP contribution in [0, 0.1) is 0 Å². The minimum Gasteiger partial charge on any atom is -0.324 e. The van der Waals surface area contributed by atoms with Crippen molar-refractivity contribution in [2.75, 3.05) is 16.9 Å². The van der Waals surface area contributed by atoms with E-state index in [1.54, 1.807) is 24.8 Å². The molecule has 3 aromatic rings. The van der Waals surface area contributed by atoms with Crippen LogP contribution < -0.4 is 16.2 Å². The highest BCUT2D eigenvalue weighted by Crippen LogP contribution is 2.20. The Kier molecular flexibility index (Phi) is 7.03. The number of hydrogen-bond acceptors (Lipinski definition) is 5. The third kappa shape index (κ3) is 5.36. The first-order chi connectivity index (χ1) is 14.5. The molecular formula is C22H22N4O3S. The first-order valence-corrected chi connectivity index (χ1v) is 10.6. The van der Waals surface area contributed by atoms with Crippen LogP contribution in [0.25, 0.3) is 11.3 Å². The zero-order valence-corrected chi connectivity index (χ0v) is 17.5. The number of carbonyl (C=O) groups excluding carboxylic acids is 2. The number of nitrogens with one attached hydrogen (secondary N) is 2. The van der Waals surface area contributed by atoms with Crippen molar-refractivity contribution in [2.24, 2.45) is 0 Å². The van der Waals surface area contributed by atoms with Crippen LogP contribution in [0.2, 0.25) is 0 Å². The van der Waals surface area contributed by atoms with E-state index in [1.165, 1.54) is 6.07 Å². The van der Waals surface area contributed by atoms with Gasteiger partial charge in [0.1, 0.15) is 12.2 Å². The molecule has 0 bridgehead atoms. The Morgan fingerprint density at radius 2 is 1.77 bits per heavy atom. The van der Waals surface area contributed by atoms with Gasteiger partial charge < -0.3 is 10.6 Å². The molecule has 0 aliphatic rings. The molecule has 2 N–H and O–H groups in total. The summed E-state index contributed by atoms with van der Waals surface area (Å²) in [6.07, 6.45) is 2.18. The second-order valence-electron chi connectivity index (χ2n) is 6.45. The number of amides is 2. The average Bonchev–Trinajstić information content (AvgIpc) is 2.76. The summed E-state index contributed by atoms with van der Waals surface area (Å²) in [5.41, 5.74) is 1.45. The first kappa shape index (κ1) is 21.3. The number of hydrogen-bond donors (Lipinski definition) is 2. The summed E-state index contributed by atoms with van der Waals surface area (Å²) in [4.78, 5) is 38.2. The lowest BCUT2D eigenvalue weighted by Gasteiger charge is -2.12. The van der Waals surface area contributed by atoms with Gasteiger partial charge in [-0.1, -0.05) is 43.3 Å². The Morgan fingerprint density at radius 1 is 1.00 bits per heavy atom. The summed E-state index contributed by atoms with van der Waals surface area (Å²) in [5, 5.41) is 9.72. The monoisotopic (exact) mass is 422 g/mol. The molecule has 0 fully saturated rings. The number of anilines is 2. The fraction of sp³-hybridized carbons (Fsp3) is 0.182. The van der Waals surface area contributed by atoms with Crippen LogP contribution in [0.4, 0.5) is 11.4 Å². The van der Waals surface area contributed by atoms with E-state index in [1.807, 2.05) is 54.8 Å². The number of nitrogens with zero attached hydrogens (tertiary/aromatic N) is 2. The maximum absolute atomic E-state index is 12.8. The Morgan fingerprint density at radius 3 is 2.47 bits per heavy atom. The molecule has 0 saturated heterocycles. The van der Waals surface area contributed by atoms with Crippen molar-refractivity contribution in [1.82, 2.24) is 9.78 Å². The van der Waals surface area contributed by atoms with E-state index >= 15 is 0 Å². The molecule has 1 aromatic heterocycles. The lowest BCUT2D eigenvalue weighted by molar-refractivity contribution is -0.117. The number of aromatic nitrogens is 2. The van der Waals surface area contributed by atoms with Gasteiger partial charge >= 0.3 is 0 Å². The van der Waals surface area contributed by atoms with Crippen LogP contribution in [0.5, 0.6) is 0 Å². The maximum atomic E-state index is 12.8. The van der Waals surface area contributed by atoms with Crippen molar-refractivity contribution in [3.8, 4) is 11.3 Å². The van der Waals surface area contributed by atoms with E-state index in [0.29, 0.717) is 11.4 Å². The van der Waals surface area contributed by atoms with Crippen LogP contribution in [0.15, 0.2) is 70.4 Å². The molecule has 0 atom stereocenters. The van der Waals surface area contributed by atoms with Gasteiger partial charge in [-0.15, -0.1) is 11.8 Å². The zero-order chi connectivity index (χ0) is 21.5. The molecule has 0 saturated carbocycles. The van der Waals surface area contributed by atoms with E-state index in [0.717, 1.165) is 15.1 Å². The zero-order valence-electron chi connectivity index (χ0n) is 16.7. The van der Waals surface area contributed by atoms with Crippen LogP contribution >= 0.6 is 11.8 Å². The molecule has 30 heavy (non-hydrogen) atoms. The highest BCUT2D eigenvalue weighted by molar-refractivity contribution is 7.98. The SMILES string of the molecule is CCC(=O)Nc1cc(-c2ccccc2)nn(CC(=O)Nc2cccc(SC)c2)c1=O. The highest BCUT2D eigenvalue weighted by Gasteiger charge is 2.14. The topological polar surface area (TPSA) is 93.1 Å². The number of carbonyl (C=O) groups is 2. The van der Waals surface area contributed by atoms with Gasteiger partial charge in [-0.3, -0.25) is 14.4 Å². The third-order valence-electron chi connectivity index (χ3n) is 4.29. The van der Waals surface area contributed by atoms with Crippen LogP contribution in [-0.2, 0) is 16.1 Å². The third-order valence-corrected chi connectivity index (χ3v) is 5.01. The average molecular weight is 423 g/mol. The molecular weight excluding hydrogens is 400 g/mol. The second-order valence-corrected chi connectivity index (χ2v) is 7.33. The van der Waals surface area contributed by atoms with Crippen molar-refractivity contribution in [3.05, 3.63) is 71.0 Å². The van der Waals surface area contributed by atoms with Gasteiger partial charge in [-0.25, -0.2) is 4.68 Å². The molecule has 0 aliphatic heterocycles. The van der Waals surface area contributed by atoms with Gasteiger partial charge in [-0.05, 0) is 30.5 Å². The van der Waals surface area contributed by atoms with Crippen molar-refractivity contribution in [1.29, 1.82) is 0 Å².